The molecule has 0 spiro atoms. The molecule has 1 amide bonds. The molecule has 268 valence electrons. The van der Waals surface area contributed by atoms with Gasteiger partial charge in [0.2, 0.25) is 5.28 Å². The average Bonchev–Trinajstić information content (AvgIpc) is 3.76. The first kappa shape index (κ1) is 36.4. The lowest BCUT2D eigenvalue weighted by Gasteiger charge is -2.24. The van der Waals surface area contributed by atoms with Crippen LogP contribution in [-0.4, -0.2) is 93.1 Å². The van der Waals surface area contributed by atoms with Crippen molar-refractivity contribution < 1.29 is 42.9 Å². The first-order valence-electron chi connectivity index (χ1n) is 15.9. The maximum absolute atomic E-state index is 13.0. The molecule has 1 saturated heterocycles. The summed E-state index contributed by atoms with van der Waals surface area (Å²) in [6.45, 7) is 2.54. The predicted molar refractivity (Wildman–Crippen MR) is 186 cm³/mol. The Kier molecular flexibility index (Phi) is 11.3. The molecule has 4 aromatic rings. The van der Waals surface area contributed by atoms with Crippen LogP contribution in [0.1, 0.15) is 43.5 Å². The zero-order valence-electron chi connectivity index (χ0n) is 27.6. The number of nitrogens with one attached hydrogen (secondary N) is 1. The topological polar surface area (TPSA) is 170 Å². The molecule has 1 aliphatic carbocycles. The van der Waals surface area contributed by atoms with E-state index in [0.717, 1.165) is 22.3 Å². The number of carbonyl (C=O) groups excluding carboxylic acids is 4. The van der Waals surface area contributed by atoms with Gasteiger partial charge in [0.15, 0.2) is 29.2 Å². The second-order valence-electron chi connectivity index (χ2n) is 11.7. The minimum atomic E-state index is -1.08. The summed E-state index contributed by atoms with van der Waals surface area (Å²) in [7, 11) is 1.23. The van der Waals surface area contributed by atoms with Crippen molar-refractivity contribution in [2.24, 2.45) is 0 Å². The molecule has 2 aliphatic rings. The van der Waals surface area contributed by atoms with Gasteiger partial charge in [-0.15, -0.1) is 0 Å². The highest BCUT2D eigenvalue weighted by Gasteiger charge is 2.50. The fraction of sp³-hybridized carbons (Fsp3) is 0.382. The van der Waals surface area contributed by atoms with E-state index >= 15 is 0 Å². The number of halogens is 2. The third-order valence-electron chi connectivity index (χ3n) is 8.47. The lowest BCUT2D eigenvalue weighted by atomic mass is 9.98. The summed E-state index contributed by atoms with van der Waals surface area (Å²) in [5, 5.41) is 2.51. The zero-order valence-corrected chi connectivity index (χ0v) is 29.9. The summed E-state index contributed by atoms with van der Waals surface area (Å²) >= 11 is 13.6. The van der Waals surface area contributed by atoms with E-state index in [2.05, 4.69) is 20.3 Å². The van der Waals surface area contributed by atoms with Crippen molar-refractivity contribution in [2.75, 3.05) is 25.2 Å². The number of benzene rings is 2. The third-order valence-corrected chi connectivity index (χ3v) is 9.99. The summed E-state index contributed by atoms with van der Waals surface area (Å²) in [6.07, 6.45) is -3.07. The van der Waals surface area contributed by atoms with E-state index < -0.39 is 54.6 Å². The van der Waals surface area contributed by atoms with Gasteiger partial charge < -0.3 is 29.0 Å². The molecular weight excluding hydrogens is 725 g/mol. The van der Waals surface area contributed by atoms with Crippen LogP contribution in [0.2, 0.25) is 10.4 Å². The van der Waals surface area contributed by atoms with Crippen molar-refractivity contribution in [1.82, 2.24) is 24.8 Å². The molecule has 1 aliphatic heterocycles. The van der Waals surface area contributed by atoms with Crippen molar-refractivity contribution in [3.8, 4) is 11.1 Å². The Labute approximate surface area is 306 Å². The number of amides is 1. The van der Waals surface area contributed by atoms with Gasteiger partial charge in [-0.25, -0.2) is 19.6 Å². The number of methoxy groups -OCH3 is 1. The molecule has 5 atom stereocenters. The standard InChI is InChI=1S/C34H33Cl2N5O9S/c1-17(42)48-27-25(50-31(28(27)49-18(2)43)41-16-37-26-29(35)39-33(36)40-30(26)41)15-51-13-12-24(32(44)46-3)38-34(45)47-14-23-21-10-6-4-8-19(21)20-9-5-7-11-22(20)23/h4-11,16,23-25,27-28,31H,12-15H2,1-3H3,(H,38,45)/t24?,25-,27-,28-,31-/m1/s1. The van der Waals surface area contributed by atoms with E-state index in [1.807, 2.05) is 48.5 Å². The lowest BCUT2D eigenvalue weighted by molar-refractivity contribution is -0.165. The first-order valence-corrected chi connectivity index (χ1v) is 17.8. The number of aromatic nitrogens is 4. The van der Waals surface area contributed by atoms with E-state index in [9.17, 15) is 19.2 Å². The second-order valence-corrected chi connectivity index (χ2v) is 13.6. The number of esters is 3. The summed E-state index contributed by atoms with van der Waals surface area (Å²) in [6, 6.07) is 15.0. The Morgan fingerprint density at radius 3 is 2.25 bits per heavy atom. The Morgan fingerprint density at radius 1 is 0.961 bits per heavy atom. The van der Waals surface area contributed by atoms with Crippen LogP contribution < -0.4 is 5.32 Å². The van der Waals surface area contributed by atoms with Crippen molar-refractivity contribution >= 4 is 70.1 Å². The molecule has 1 N–H and O–H groups in total. The van der Waals surface area contributed by atoms with Gasteiger partial charge in [-0.3, -0.25) is 14.2 Å². The first-order chi connectivity index (χ1) is 24.5. The van der Waals surface area contributed by atoms with Crippen LogP contribution in [0.5, 0.6) is 0 Å². The number of nitrogens with zero attached hydrogens (tertiary/aromatic N) is 4. The lowest BCUT2D eigenvalue weighted by Crippen LogP contribution is -2.42. The van der Waals surface area contributed by atoms with Gasteiger partial charge in [-0.1, -0.05) is 60.1 Å². The zero-order chi connectivity index (χ0) is 36.2. The highest BCUT2D eigenvalue weighted by atomic mass is 35.5. The molecule has 6 rings (SSSR count). The van der Waals surface area contributed by atoms with Crippen LogP contribution in [0.15, 0.2) is 54.9 Å². The maximum atomic E-state index is 13.0. The van der Waals surface area contributed by atoms with Crippen molar-refractivity contribution in [3.05, 3.63) is 76.4 Å². The molecular formula is C34H33Cl2N5O9S. The van der Waals surface area contributed by atoms with Gasteiger partial charge in [0.1, 0.15) is 24.3 Å². The third kappa shape index (κ3) is 7.91. The number of fused-ring (bicyclic) bond motifs is 4. The summed E-state index contributed by atoms with van der Waals surface area (Å²) in [5.41, 5.74) is 4.78. The number of carbonyl (C=O) groups is 4. The van der Waals surface area contributed by atoms with Gasteiger partial charge in [0.25, 0.3) is 0 Å². The molecule has 3 heterocycles. The monoisotopic (exact) mass is 757 g/mol. The molecule has 14 nitrogen and oxygen atoms in total. The highest BCUT2D eigenvalue weighted by Crippen LogP contribution is 2.44. The summed E-state index contributed by atoms with van der Waals surface area (Å²) < 4.78 is 29.6. The number of hydrogen-bond donors (Lipinski definition) is 1. The highest BCUT2D eigenvalue weighted by molar-refractivity contribution is 7.99. The minimum Gasteiger partial charge on any atom is -0.467 e. The Hall–Kier alpha value is -4.44. The van der Waals surface area contributed by atoms with Gasteiger partial charge in [0, 0.05) is 25.5 Å². The maximum Gasteiger partial charge on any atom is 0.407 e. The van der Waals surface area contributed by atoms with Crippen LogP contribution in [0, 0.1) is 0 Å². The molecule has 0 saturated carbocycles. The number of ether oxygens (including phenoxy) is 5. The van der Waals surface area contributed by atoms with E-state index in [1.165, 1.54) is 43.6 Å². The van der Waals surface area contributed by atoms with Crippen molar-refractivity contribution in [2.45, 2.75) is 56.8 Å². The fourth-order valence-electron chi connectivity index (χ4n) is 6.33. The minimum absolute atomic E-state index is 0.0151. The van der Waals surface area contributed by atoms with Crippen LogP contribution in [0.25, 0.3) is 22.3 Å². The molecule has 1 unspecified atom stereocenters. The Bertz CT molecular complexity index is 1920. The quantitative estimate of drug-likeness (QED) is 0.0667. The van der Waals surface area contributed by atoms with E-state index in [4.69, 9.17) is 46.9 Å². The molecule has 2 aromatic heterocycles. The number of rotatable bonds is 12. The molecule has 0 radical (unpaired) electrons. The molecule has 51 heavy (non-hydrogen) atoms. The second kappa shape index (κ2) is 15.8. The Balaban J connectivity index is 1.09. The number of thioether (sulfide) groups is 1. The Morgan fingerprint density at radius 2 is 1.61 bits per heavy atom. The van der Waals surface area contributed by atoms with E-state index in [1.54, 1.807) is 0 Å². The van der Waals surface area contributed by atoms with E-state index in [-0.39, 0.29) is 46.3 Å². The molecule has 17 heteroatoms. The number of alkyl carbamates (subject to hydrolysis) is 1. The van der Waals surface area contributed by atoms with Gasteiger partial charge in [0.05, 0.1) is 13.4 Å². The molecule has 2 aromatic carbocycles. The summed E-state index contributed by atoms with van der Waals surface area (Å²) in [4.78, 5) is 62.3. The molecule has 0 bridgehead atoms. The SMILES string of the molecule is COC(=O)C(CCSC[C@H]1O[C@@H](n2cnc3c(Cl)nc(Cl)nc32)[C@H](OC(C)=O)[C@@H]1OC(C)=O)NC(=O)OCC1c2ccccc2-c2ccccc21. The van der Waals surface area contributed by atoms with Gasteiger partial charge in [-0.05, 0) is 46.0 Å². The fourth-order valence-corrected chi connectivity index (χ4v) is 7.83. The largest absolute Gasteiger partial charge is 0.467 e. The van der Waals surface area contributed by atoms with Crippen molar-refractivity contribution in [1.29, 1.82) is 0 Å². The summed E-state index contributed by atoms with van der Waals surface area (Å²) in [5.74, 6) is -1.43. The van der Waals surface area contributed by atoms with E-state index in [0.29, 0.717) is 5.75 Å². The normalized spacial score (nSPS) is 19.9. The van der Waals surface area contributed by atoms with Crippen LogP contribution >= 0.6 is 35.0 Å². The number of hydrogen-bond acceptors (Lipinski definition) is 13. The molecule has 1 fully saturated rings. The van der Waals surface area contributed by atoms with Crippen LogP contribution in [-0.2, 0) is 38.1 Å². The predicted octanol–water partition coefficient (Wildman–Crippen LogP) is 5.10. The van der Waals surface area contributed by atoms with Gasteiger partial charge >= 0.3 is 24.0 Å². The van der Waals surface area contributed by atoms with Gasteiger partial charge in [-0.2, -0.15) is 16.7 Å². The van der Waals surface area contributed by atoms with Crippen LogP contribution in [0.3, 0.4) is 0 Å². The van der Waals surface area contributed by atoms with Crippen molar-refractivity contribution in [3.63, 3.8) is 0 Å². The smallest absolute Gasteiger partial charge is 0.407 e. The average molecular weight is 759 g/mol. The van der Waals surface area contributed by atoms with Crippen LogP contribution in [0.4, 0.5) is 4.79 Å². The number of imidazole rings is 1.